The number of unbranched alkanes of at least 4 members (excludes halogenated alkanes) is 9. The molecule has 1 rings (SSSR count). The lowest BCUT2D eigenvalue weighted by Crippen LogP contribution is -2.50. The van der Waals surface area contributed by atoms with Gasteiger partial charge in [0.25, 0.3) is 0 Å². The van der Waals surface area contributed by atoms with Crippen LogP contribution in [0.2, 0.25) is 0 Å². The first-order valence-electron chi connectivity index (χ1n) is 11.0. The molecule has 0 aliphatic rings. The zero-order valence-electron chi connectivity index (χ0n) is 18.4. The minimum Gasteiger partial charge on any atom is -0.427 e. The normalized spacial score (nSPS) is 11.3. The number of hydrogen-bond donors (Lipinski definition) is 6. The maximum atomic E-state index is 8.97. The van der Waals surface area contributed by atoms with Gasteiger partial charge in [-0.3, -0.25) is 0 Å². The van der Waals surface area contributed by atoms with E-state index in [9.17, 15) is 0 Å². The number of hydrogen-bond acceptors (Lipinski definition) is 7. The van der Waals surface area contributed by atoms with Crippen LogP contribution in [0.5, 0.6) is 5.75 Å². The molecule has 1 aromatic carbocycles. The summed E-state index contributed by atoms with van der Waals surface area (Å²) in [5, 5.41) is 25.0. The van der Waals surface area contributed by atoms with Crippen LogP contribution in [0, 0.1) is 0 Å². The second-order valence-electron chi connectivity index (χ2n) is 7.72. The van der Waals surface area contributed by atoms with Crippen LogP contribution in [0.4, 0.5) is 0 Å². The largest absolute Gasteiger partial charge is 0.427 e. The summed E-state index contributed by atoms with van der Waals surface area (Å²) in [5.74, 6) is 0.606. The van der Waals surface area contributed by atoms with Gasteiger partial charge < -0.3 is 35.4 Å². The molecule has 7 N–H and O–H groups in total. The van der Waals surface area contributed by atoms with Crippen LogP contribution < -0.4 is 10.3 Å². The van der Waals surface area contributed by atoms with E-state index in [0.717, 1.165) is 18.4 Å². The summed E-state index contributed by atoms with van der Waals surface area (Å²) in [7, 11) is -2.33. The van der Waals surface area contributed by atoms with Gasteiger partial charge in [0.15, 0.2) is 0 Å². The maximum Gasteiger partial charge on any atom is 0.391 e. The molecule has 0 bridgehead atoms. The number of aliphatic hydroxyl groups is 3. The van der Waals surface area contributed by atoms with E-state index in [-0.39, 0.29) is 0 Å². The molecule has 0 amide bonds. The van der Waals surface area contributed by atoms with Crippen LogP contribution in [0.15, 0.2) is 24.3 Å². The Kier molecular flexibility index (Phi) is 18.4. The van der Waals surface area contributed by atoms with Crippen LogP contribution in [0.3, 0.4) is 0 Å². The van der Waals surface area contributed by atoms with Crippen molar-refractivity contribution in [2.24, 2.45) is 5.73 Å². The molecular formula is C22H42NO6P. The van der Waals surface area contributed by atoms with Crippen molar-refractivity contribution >= 4 is 8.60 Å². The molecule has 7 nitrogen and oxygen atoms in total. The van der Waals surface area contributed by atoms with E-state index in [4.69, 9.17) is 35.4 Å². The summed E-state index contributed by atoms with van der Waals surface area (Å²) in [6.45, 7) is 1.05. The fourth-order valence-corrected chi connectivity index (χ4v) is 3.19. The van der Waals surface area contributed by atoms with Crippen molar-refractivity contribution in [1.82, 2.24) is 0 Å². The Labute approximate surface area is 182 Å². The average molecular weight is 448 g/mol. The van der Waals surface area contributed by atoms with Crippen molar-refractivity contribution in [3.63, 3.8) is 0 Å². The smallest absolute Gasteiger partial charge is 0.391 e. The van der Waals surface area contributed by atoms with E-state index in [1.807, 2.05) is 18.2 Å². The van der Waals surface area contributed by atoms with Gasteiger partial charge in [-0.1, -0.05) is 82.9 Å². The van der Waals surface area contributed by atoms with Gasteiger partial charge in [-0.15, -0.1) is 0 Å². The second-order valence-corrected chi connectivity index (χ2v) is 8.41. The lowest BCUT2D eigenvalue weighted by atomic mass is 10.0. The molecule has 176 valence electrons. The topological polar surface area (TPSA) is 136 Å². The Balaban J connectivity index is 0.000000890. The molecule has 0 aliphatic heterocycles. The first kappa shape index (κ1) is 29.2. The third-order valence-electron chi connectivity index (χ3n) is 4.90. The number of aliphatic hydroxyl groups excluding tert-OH is 3. The van der Waals surface area contributed by atoms with E-state index in [1.165, 1.54) is 57.8 Å². The molecule has 0 fully saturated rings. The molecular weight excluding hydrogens is 405 g/mol. The summed E-state index contributed by atoms with van der Waals surface area (Å²) in [6, 6.07) is 7.63. The standard InChI is InChI=1S/C18H31O3P.C4H11NO3/c1-2-3-4-5-6-7-8-9-10-11-14-17-15-12-13-16-18(17)21-22(19)20;5-4(1-6,2-7)3-8/h12-13,15-16,19-20H,2-11,14H2,1H3;6-8H,1-3,5H2. The van der Waals surface area contributed by atoms with Crippen LogP contribution in [0.1, 0.15) is 76.7 Å². The number of nitrogens with two attached hydrogens (primary N) is 1. The number of rotatable bonds is 16. The minimum atomic E-state index is -2.33. The summed E-state index contributed by atoms with van der Waals surface area (Å²) >= 11 is 0. The zero-order valence-corrected chi connectivity index (χ0v) is 19.3. The van der Waals surface area contributed by atoms with E-state index < -0.39 is 34.0 Å². The van der Waals surface area contributed by atoms with Crippen LogP contribution in [0.25, 0.3) is 0 Å². The van der Waals surface area contributed by atoms with Gasteiger partial charge in [0, 0.05) is 0 Å². The monoisotopic (exact) mass is 447 g/mol. The lowest BCUT2D eigenvalue weighted by Gasteiger charge is -2.20. The molecule has 0 spiro atoms. The molecule has 0 radical (unpaired) electrons. The molecule has 1 aromatic rings. The Bertz CT molecular complexity index is 506. The Morgan fingerprint density at radius 1 is 0.800 bits per heavy atom. The van der Waals surface area contributed by atoms with Crippen LogP contribution in [-0.4, -0.2) is 50.5 Å². The second kappa shape index (κ2) is 18.9. The quantitative estimate of drug-likeness (QED) is 0.169. The van der Waals surface area contributed by atoms with Crippen molar-refractivity contribution < 1.29 is 29.6 Å². The summed E-state index contributed by atoms with van der Waals surface area (Å²) in [6.07, 6.45) is 14.2. The van der Waals surface area contributed by atoms with Crippen molar-refractivity contribution in [2.75, 3.05) is 19.8 Å². The summed E-state index contributed by atoms with van der Waals surface area (Å²) < 4.78 is 5.06. The highest BCUT2D eigenvalue weighted by molar-refractivity contribution is 7.39. The molecule has 0 aliphatic carbocycles. The molecule has 0 aromatic heterocycles. The fourth-order valence-electron chi connectivity index (χ4n) is 2.84. The first-order chi connectivity index (χ1) is 14.4. The molecule has 0 unspecified atom stereocenters. The predicted molar refractivity (Wildman–Crippen MR) is 122 cm³/mol. The zero-order chi connectivity index (χ0) is 22.7. The third kappa shape index (κ3) is 15.1. The van der Waals surface area contributed by atoms with Crippen molar-refractivity contribution in [3.8, 4) is 5.75 Å². The molecule has 30 heavy (non-hydrogen) atoms. The first-order valence-corrected chi connectivity index (χ1v) is 12.1. The third-order valence-corrected chi connectivity index (χ3v) is 5.26. The lowest BCUT2D eigenvalue weighted by molar-refractivity contribution is 0.0697. The maximum absolute atomic E-state index is 8.97. The Morgan fingerprint density at radius 3 is 1.70 bits per heavy atom. The average Bonchev–Trinajstić information content (AvgIpc) is 2.75. The highest BCUT2D eigenvalue weighted by atomic mass is 31.2. The van der Waals surface area contributed by atoms with Gasteiger partial charge in [-0.05, 0) is 24.5 Å². The highest BCUT2D eigenvalue weighted by Crippen LogP contribution is 2.32. The SMILES string of the molecule is CCCCCCCCCCCCc1ccccc1OP(O)O.NC(CO)(CO)CO. The molecule has 0 atom stereocenters. The van der Waals surface area contributed by atoms with Gasteiger partial charge in [-0.25, -0.2) is 0 Å². The molecule has 0 saturated heterocycles. The highest BCUT2D eigenvalue weighted by Gasteiger charge is 2.20. The van der Waals surface area contributed by atoms with E-state index >= 15 is 0 Å². The number of para-hydroxylation sites is 1. The number of aryl methyl sites for hydroxylation is 1. The Morgan fingerprint density at radius 2 is 1.27 bits per heavy atom. The van der Waals surface area contributed by atoms with E-state index in [2.05, 4.69) is 6.92 Å². The van der Waals surface area contributed by atoms with Crippen molar-refractivity contribution in [2.45, 2.75) is 83.1 Å². The predicted octanol–water partition coefficient (Wildman–Crippen LogP) is 3.40. The van der Waals surface area contributed by atoms with Crippen molar-refractivity contribution in [3.05, 3.63) is 29.8 Å². The van der Waals surface area contributed by atoms with Gasteiger partial charge in [0.2, 0.25) is 0 Å². The minimum absolute atomic E-state index is 0.403. The van der Waals surface area contributed by atoms with Crippen LogP contribution >= 0.6 is 8.60 Å². The molecule has 0 saturated carbocycles. The van der Waals surface area contributed by atoms with E-state index in [0.29, 0.717) is 5.75 Å². The van der Waals surface area contributed by atoms with Gasteiger partial charge >= 0.3 is 8.60 Å². The summed E-state index contributed by atoms with van der Waals surface area (Å²) in [5.41, 5.74) is 5.00. The summed E-state index contributed by atoms with van der Waals surface area (Å²) in [4.78, 5) is 17.9. The van der Waals surface area contributed by atoms with Crippen LogP contribution in [-0.2, 0) is 6.42 Å². The van der Waals surface area contributed by atoms with Crippen molar-refractivity contribution in [1.29, 1.82) is 0 Å². The van der Waals surface area contributed by atoms with E-state index in [1.54, 1.807) is 6.07 Å². The fraction of sp³-hybridized carbons (Fsp3) is 0.727. The van der Waals surface area contributed by atoms with Gasteiger partial charge in [0.1, 0.15) is 5.75 Å². The number of benzene rings is 1. The Hall–Kier alpha value is -0.790. The van der Waals surface area contributed by atoms with Gasteiger partial charge in [-0.2, -0.15) is 0 Å². The van der Waals surface area contributed by atoms with Gasteiger partial charge in [0.05, 0.1) is 25.4 Å². The molecule has 0 heterocycles. The molecule has 8 heteroatoms.